The number of rotatable bonds is 5. The summed E-state index contributed by atoms with van der Waals surface area (Å²) < 4.78 is 24.8. The average molecular weight is 314 g/mol. The predicted molar refractivity (Wildman–Crippen MR) is 80.2 cm³/mol. The molecule has 2 rings (SSSR count). The van der Waals surface area contributed by atoms with E-state index in [9.17, 15) is 13.2 Å². The van der Waals surface area contributed by atoms with Crippen molar-refractivity contribution < 1.29 is 13.2 Å². The summed E-state index contributed by atoms with van der Waals surface area (Å²) in [5.74, 6) is 0.139. The normalized spacial score (nSPS) is 20.9. The highest BCUT2D eigenvalue weighted by molar-refractivity contribution is 7.91. The fourth-order valence-electron chi connectivity index (χ4n) is 2.47. The van der Waals surface area contributed by atoms with E-state index in [2.05, 4.69) is 10.4 Å². The molecule has 7 nitrogen and oxygen atoms in total. The van der Waals surface area contributed by atoms with Crippen molar-refractivity contribution in [1.29, 1.82) is 0 Å². The van der Waals surface area contributed by atoms with Gasteiger partial charge >= 0.3 is 0 Å². The smallest absolute Gasteiger partial charge is 0.254 e. The van der Waals surface area contributed by atoms with Gasteiger partial charge in [0.2, 0.25) is 0 Å². The Balaban J connectivity index is 2.05. The van der Waals surface area contributed by atoms with Crippen LogP contribution in [0.15, 0.2) is 6.20 Å². The molecule has 1 aromatic rings. The molecule has 1 aliphatic heterocycles. The number of hydrogen-bond acceptors (Lipinski definition) is 5. The first-order chi connectivity index (χ1) is 9.80. The van der Waals surface area contributed by atoms with Gasteiger partial charge in [-0.05, 0) is 27.4 Å². The van der Waals surface area contributed by atoms with E-state index in [-0.39, 0.29) is 23.5 Å². The third-order valence-electron chi connectivity index (χ3n) is 3.69. The molecule has 1 aliphatic rings. The molecule has 1 aromatic heterocycles. The van der Waals surface area contributed by atoms with Gasteiger partial charge in [0.15, 0.2) is 9.84 Å². The predicted octanol–water partition coefficient (Wildman–Crippen LogP) is -0.157. The second kappa shape index (κ2) is 6.15. The summed E-state index contributed by atoms with van der Waals surface area (Å²) in [4.78, 5) is 14.1. The van der Waals surface area contributed by atoms with Crippen molar-refractivity contribution in [3.05, 3.63) is 17.5 Å². The van der Waals surface area contributed by atoms with Crippen LogP contribution in [0.1, 0.15) is 28.5 Å². The molecule has 0 saturated carbocycles. The van der Waals surface area contributed by atoms with E-state index in [1.165, 1.54) is 6.20 Å². The number of sulfone groups is 1. The minimum atomic E-state index is -2.96. The van der Waals surface area contributed by atoms with Crippen molar-refractivity contribution in [2.45, 2.75) is 19.4 Å². The Morgan fingerprint density at radius 2 is 2.24 bits per heavy atom. The Kier molecular flexibility index (Phi) is 4.67. The number of nitrogens with one attached hydrogen (secondary N) is 1. The summed E-state index contributed by atoms with van der Waals surface area (Å²) in [6, 6.07) is -0.154. The Labute approximate surface area is 125 Å². The average Bonchev–Trinajstić information content (AvgIpc) is 2.91. The molecule has 118 valence electrons. The van der Waals surface area contributed by atoms with Gasteiger partial charge in [-0.2, -0.15) is 5.10 Å². The SMILES string of the molecule is Cc1c(C(=O)NCCN(C)C)cnn1C1CCS(=O)(=O)C1. The number of likely N-dealkylation sites (N-methyl/N-ethyl adjacent to an activating group) is 1. The maximum atomic E-state index is 12.1. The van der Waals surface area contributed by atoms with Gasteiger partial charge in [0.25, 0.3) is 5.91 Å². The van der Waals surface area contributed by atoms with Crippen molar-refractivity contribution in [3.8, 4) is 0 Å². The van der Waals surface area contributed by atoms with E-state index in [1.54, 1.807) is 11.6 Å². The molecule has 0 spiro atoms. The third-order valence-corrected chi connectivity index (χ3v) is 5.44. The maximum Gasteiger partial charge on any atom is 0.254 e. The van der Waals surface area contributed by atoms with Crippen LogP contribution in [0, 0.1) is 6.92 Å². The lowest BCUT2D eigenvalue weighted by Crippen LogP contribution is -2.31. The number of nitrogens with zero attached hydrogens (tertiary/aromatic N) is 3. The largest absolute Gasteiger partial charge is 0.351 e. The zero-order valence-corrected chi connectivity index (χ0v) is 13.5. The Bertz CT molecular complexity index is 621. The first kappa shape index (κ1) is 16.0. The highest BCUT2D eigenvalue weighted by Crippen LogP contribution is 2.25. The second-order valence-electron chi connectivity index (χ2n) is 5.70. The van der Waals surface area contributed by atoms with Crippen LogP contribution >= 0.6 is 0 Å². The van der Waals surface area contributed by atoms with Crippen molar-refractivity contribution >= 4 is 15.7 Å². The van der Waals surface area contributed by atoms with Crippen molar-refractivity contribution in [2.24, 2.45) is 0 Å². The summed E-state index contributed by atoms with van der Waals surface area (Å²) >= 11 is 0. The standard InChI is InChI=1S/C13H22N4O3S/c1-10-12(13(18)14-5-6-16(2)3)8-15-17(10)11-4-7-21(19,20)9-11/h8,11H,4-7,9H2,1-3H3,(H,14,18). The van der Waals surface area contributed by atoms with Crippen LogP contribution in [-0.2, 0) is 9.84 Å². The van der Waals surface area contributed by atoms with Crippen LogP contribution in [0.5, 0.6) is 0 Å². The second-order valence-corrected chi connectivity index (χ2v) is 7.93. The zero-order chi connectivity index (χ0) is 15.6. The quantitative estimate of drug-likeness (QED) is 0.816. The van der Waals surface area contributed by atoms with Gasteiger partial charge in [0.05, 0.1) is 29.3 Å². The molecular formula is C13H22N4O3S. The molecule has 1 amide bonds. The summed E-state index contributed by atoms with van der Waals surface area (Å²) in [5, 5.41) is 7.05. The van der Waals surface area contributed by atoms with Crippen LogP contribution in [0.25, 0.3) is 0 Å². The highest BCUT2D eigenvalue weighted by atomic mass is 32.2. The fourth-order valence-corrected chi connectivity index (χ4v) is 4.16. The number of carbonyl (C=O) groups is 1. The Morgan fingerprint density at radius 3 is 2.81 bits per heavy atom. The Hall–Kier alpha value is -1.41. The number of carbonyl (C=O) groups excluding carboxylic acids is 1. The number of hydrogen-bond donors (Lipinski definition) is 1. The summed E-state index contributed by atoms with van der Waals surface area (Å²) in [6.45, 7) is 3.13. The van der Waals surface area contributed by atoms with E-state index in [1.807, 2.05) is 19.0 Å². The molecule has 1 N–H and O–H groups in total. The molecule has 2 heterocycles. The van der Waals surface area contributed by atoms with Crippen LogP contribution in [-0.4, -0.2) is 67.7 Å². The first-order valence-corrected chi connectivity index (χ1v) is 8.80. The van der Waals surface area contributed by atoms with Gasteiger partial charge in [-0.1, -0.05) is 0 Å². The fraction of sp³-hybridized carbons (Fsp3) is 0.692. The molecule has 0 bridgehead atoms. The lowest BCUT2D eigenvalue weighted by atomic mass is 10.2. The van der Waals surface area contributed by atoms with Crippen molar-refractivity contribution in [2.75, 3.05) is 38.7 Å². The highest BCUT2D eigenvalue weighted by Gasteiger charge is 2.31. The van der Waals surface area contributed by atoms with Crippen LogP contribution in [0.3, 0.4) is 0 Å². The van der Waals surface area contributed by atoms with E-state index in [4.69, 9.17) is 0 Å². The maximum absolute atomic E-state index is 12.1. The molecule has 1 atom stereocenters. The van der Waals surface area contributed by atoms with E-state index < -0.39 is 9.84 Å². The summed E-state index contributed by atoms with van der Waals surface area (Å²) in [6.07, 6.45) is 2.08. The van der Waals surface area contributed by atoms with E-state index in [0.29, 0.717) is 18.5 Å². The van der Waals surface area contributed by atoms with Crippen LogP contribution in [0.4, 0.5) is 0 Å². The van der Waals surface area contributed by atoms with Crippen LogP contribution in [0.2, 0.25) is 0 Å². The third kappa shape index (κ3) is 3.82. The molecule has 1 unspecified atom stereocenters. The molecule has 0 aromatic carbocycles. The monoisotopic (exact) mass is 314 g/mol. The van der Waals surface area contributed by atoms with E-state index >= 15 is 0 Å². The molecular weight excluding hydrogens is 292 g/mol. The minimum absolute atomic E-state index is 0.108. The number of amides is 1. The summed E-state index contributed by atoms with van der Waals surface area (Å²) in [7, 11) is 0.919. The van der Waals surface area contributed by atoms with Gasteiger partial charge in [-0.15, -0.1) is 0 Å². The van der Waals surface area contributed by atoms with E-state index in [0.717, 1.165) is 12.2 Å². The Morgan fingerprint density at radius 1 is 1.52 bits per heavy atom. The van der Waals surface area contributed by atoms with Crippen molar-refractivity contribution in [3.63, 3.8) is 0 Å². The van der Waals surface area contributed by atoms with Gasteiger partial charge < -0.3 is 10.2 Å². The molecule has 21 heavy (non-hydrogen) atoms. The molecule has 0 radical (unpaired) electrons. The topological polar surface area (TPSA) is 84.3 Å². The summed E-state index contributed by atoms with van der Waals surface area (Å²) in [5.41, 5.74) is 1.23. The lowest BCUT2D eigenvalue weighted by Gasteiger charge is -2.12. The van der Waals surface area contributed by atoms with Gasteiger partial charge in [-0.25, -0.2) is 8.42 Å². The molecule has 1 fully saturated rings. The molecule has 8 heteroatoms. The van der Waals surface area contributed by atoms with Gasteiger partial charge in [0.1, 0.15) is 0 Å². The van der Waals surface area contributed by atoms with Gasteiger partial charge in [0, 0.05) is 18.8 Å². The van der Waals surface area contributed by atoms with Crippen molar-refractivity contribution in [1.82, 2.24) is 20.0 Å². The molecule has 0 aliphatic carbocycles. The molecule has 1 saturated heterocycles. The van der Waals surface area contributed by atoms with Crippen LogP contribution < -0.4 is 5.32 Å². The van der Waals surface area contributed by atoms with Gasteiger partial charge in [-0.3, -0.25) is 9.48 Å². The minimum Gasteiger partial charge on any atom is -0.351 e. The lowest BCUT2D eigenvalue weighted by molar-refractivity contribution is 0.0950. The first-order valence-electron chi connectivity index (χ1n) is 6.97. The number of aromatic nitrogens is 2. The zero-order valence-electron chi connectivity index (χ0n) is 12.7.